The average Bonchev–Trinajstić information content (AvgIpc) is 3.08. The maximum atomic E-state index is 12.3. The Hall–Kier alpha value is -1.99. The normalized spacial score (nSPS) is 19.3. The van der Waals surface area contributed by atoms with Gasteiger partial charge in [-0.25, -0.2) is 0 Å². The topological polar surface area (TPSA) is 66.5 Å². The summed E-state index contributed by atoms with van der Waals surface area (Å²) in [6, 6.07) is 5.20. The van der Waals surface area contributed by atoms with E-state index in [1.54, 1.807) is 37.3 Å². The van der Waals surface area contributed by atoms with Gasteiger partial charge in [0.2, 0.25) is 0 Å². The number of nitrogens with zero attached hydrogens (tertiary/aromatic N) is 1. The quantitative estimate of drug-likeness (QED) is 0.810. The van der Waals surface area contributed by atoms with Gasteiger partial charge in [-0.1, -0.05) is 0 Å². The summed E-state index contributed by atoms with van der Waals surface area (Å²) in [5.74, 6) is 1.25. The fourth-order valence-electron chi connectivity index (χ4n) is 2.98. The van der Waals surface area contributed by atoms with Crippen molar-refractivity contribution in [3.05, 3.63) is 18.2 Å². The number of amides is 1. The van der Waals surface area contributed by atoms with Gasteiger partial charge in [0.25, 0.3) is 5.91 Å². The second kappa shape index (κ2) is 7.27. The first-order valence-electron chi connectivity index (χ1n) is 8.06. The van der Waals surface area contributed by atoms with Crippen molar-refractivity contribution in [2.24, 2.45) is 0 Å². The minimum atomic E-state index is -0.474. The van der Waals surface area contributed by atoms with Crippen LogP contribution in [0.4, 0.5) is 0 Å². The van der Waals surface area contributed by atoms with Gasteiger partial charge < -0.3 is 28.6 Å². The van der Waals surface area contributed by atoms with Gasteiger partial charge in [-0.05, 0) is 0 Å². The predicted octanol–water partition coefficient (Wildman–Crippen LogP) is 1.45. The maximum absolute atomic E-state index is 12.3. The van der Waals surface area contributed by atoms with E-state index in [1.807, 2.05) is 0 Å². The molecule has 3 rings (SSSR count). The zero-order valence-corrected chi connectivity index (χ0v) is 14.1. The van der Waals surface area contributed by atoms with Crippen molar-refractivity contribution < 1.29 is 28.5 Å². The smallest absolute Gasteiger partial charge is 0.260 e. The Morgan fingerprint density at radius 3 is 2.12 bits per heavy atom. The van der Waals surface area contributed by atoms with E-state index in [9.17, 15) is 4.79 Å². The minimum Gasteiger partial charge on any atom is -0.496 e. The molecule has 1 aromatic rings. The van der Waals surface area contributed by atoms with Gasteiger partial charge in [0.05, 0.1) is 27.4 Å². The molecule has 0 bridgehead atoms. The van der Waals surface area contributed by atoms with E-state index in [1.165, 1.54) is 0 Å². The van der Waals surface area contributed by atoms with Gasteiger partial charge in [0.15, 0.2) is 12.4 Å². The summed E-state index contributed by atoms with van der Waals surface area (Å²) in [4.78, 5) is 14.1. The third-order valence-corrected chi connectivity index (χ3v) is 4.38. The summed E-state index contributed by atoms with van der Waals surface area (Å²) >= 11 is 0. The van der Waals surface area contributed by atoms with Gasteiger partial charge in [-0.15, -0.1) is 0 Å². The number of rotatable bonds is 5. The number of ether oxygens (including phenoxy) is 5. The van der Waals surface area contributed by atoms with Crippen molar-refractivity contribution >= 4 is 5.91 Å². The van der Waals surface area contributed by atoms with Crippen LogP contribution in [-0.4, -0.2) is 63.7 Å². The lowest BCUT2D eigenvalue weighted by atomic mass is 10.0. The number of carbonyl (C=O) groups excluding carboxylic acids is 1. The molecule has 0 radical (unpaired) electrons. The number of benzene rings is 1. The van der Waals surface area contributed by atoms with E-state index in [4.69, 9.17) is 23.7 Å². The fourth-order valence-corrected chi connectivity index (χ4v) is 2.98. The molecule has 2 heterocycles. The van der Waals surface area contributed by atoms with Crippen molar-refractivity contribution in [1.82, 2.24) is 4.90 Å². The molecule has 7 heteroatoms. The Balaban J connectivity index is 1.52. The van der Waals surface area contributed by atoms with Gasteiger partial charge in [-0.3, -0.25) is 4.79 Å². The third-order valence-electron chi connectivity index (χ3n) is 4.38. The van der Waals surface area contributed by atoms with Crippen LogP contribution in [0.3, 0.4) is 0 Å². The van der Waals surface area contributed by atoms with Crippen LogP contribution < -0.4 is 14.2 Å². The summed E-state index contributed by atoms with van der Waals surface area (Å²) < 4.78 is 27.3. The molecule has 24 heavy (non-hydrogen) atoms. The van der Waals surface area contributed by atoms with E-state index >= 15 is 0 Å². The Morgan fingerprint density at radius 1 is 1.04 bits per heavy atom. The molecule has 1 amide bonds. The highest BCUT2D eigenvalue weighted by Crippen LogP contribution is 2.31. The van der Waals surface area contributed by atoms with Crippen LogP contribution in [0.1, 0.15) is 12.8 Å². The van der Waals surface area contributed by atoms with Crippen LogP contribution >= 0.6 is 0 Å². The van der Waals surface area contributed by atoms with Crippen LogP contribution in [0.15, 0.2) is 18.2 Å². The molecule has 0 aliphatic carbocycles. The third kappa shape index (κ3) is 3.73. The van der Waals surface area contributed by atoms with Crippen LogP contribution in [0, 0.1) is 0 Å². The monoisotopic (exact) mass is 337 g/mol. The lowest BCUT2D eigenvalue weighted by Gasteiger charge is -2.37. The standard InChI is InChI=1S/C17H23NO6/c1-20-13-9-14(21-2)11-15(10-13)22-12-16(19)18-5-3-17(4-6-18)23-7-8-24-17/h9-11H,3-8,12H2,1-2H3. The second-order valence-electron chi connectivity index (χ2n) is 5.83. The molecule has 132 valence electrons. The van der Waals surface area contributed by atoms with E-state index in [-0.39, 0.29) is 12.5 Å². The summed E-state index contributed by atoms with van der Waals surface area (Å²) in [5.41, 5.74) is 0. The molecule has 2 saturated heterocycles. The van der Waals surface area contributed by atoms with Crippen molar-refractivity contribution in [3.8, 4) is 17.2 Å². The summed E-state index contributed by atoms with van der Waals surface area (Å²) in [6.45, 7) is 2.47. The Labute approximate surface area is 141 Å². The van der Waals surface area contributed by atoms with Crippen LogP contribution in [-0.2, 0) is 14.3 Å². The number of methoxy groups -OCH3 is 2. The number of carbonyl (C=O) groups is 1. The second-order valence-corrected chi connectivity index (χ2v) is 5.83. The minimum absolute atomic E-state index is 0.0228. The molecule has 0 N–H and O–H groups in total. The summed E-state index contributed by atoms with van der Waals surface area (Å²) in [7, 11) is 3.14. The molecule has 2 fully saturated rings. The van der Waals surface area contributed by atoms with Crippen LogP contribution in [0.5, 0.6) is 17.2 Å². The van der Waals surface area contributed by atoms with Crippen molar-refractivity contribution in [2.75, 3.05) is 47.1 Å². The molecule has 0 atom stereocenters. The molecule has 2 aliphatic rings. The highest BCUT2D eigenvalue weighted by molar-refractivity contribution is 5.78. The Bertz CT molecular complexity index is 552. The zero-order valence-electron chi connectivity index (χ0n) is 14.1. The summed E-state index contributed by atoms with van der Waals surface area (Å²) in [5, 5.41) is 0. The number of hydrogen-bond donors (Lipinski definition) is 0. The Morgan fingerprint density at radius 2 is 1.58 bits per heavy atom. The molecule has 2 aliphatic heterocycles. The molecule has 0 unspecified atom stereocenters. The molecular formula is C17H23NO6. The number of likely N-dealkylation sites (tertiary alicyclic amines) is 1. The van der Waals surface area contributed by atoms with E-state index in [2.05, 4.69) is 0 Å². The molecule has 1 aromatic carbocycles. The Kier molecular flexibility index (Phi) is 5.11. The average molecular weight is 337 g/mol. The first-order chi connectivity index (χ1) is 11.6. The zero-order chi connectivity index (χ0) is 17.0. The lowest BCUT2D eigenvalue weighted by Crippen LogP contribution is -2.48. The van der Waals surface area contributed by atoms with Crippen LogP contribution in [0.25, 0.3) is 0 Å². The van der Waals surface area contributed by atoms with Crippen molar-refractivity contribution in [2.45, 2.75) is 18.6 Å². The molecular weight excluding hydrogens is 314 g/mol. The van der Waals surface area contributed by atoms with Gasteiger partial charge >= 0.3 is 0 Å². The van der Waals surface area contributed by atoms with Gasteiger partial charge in [0.1, 0.15) is 17.2 Å². The molecule has 1 spiro atoms. The first-order valence-corrected chi connectivity index (χ1v) is 8.06. The molecule has 0 saturated carbocycles. The largest absolute Gasteiger partial charge is 0.496 e. The van der Waals surface area contributed by atoms with Crippen molar-refractivity contribution in [3.63, 3.8) is 0 Å². The number of hydrogen-bond acceptors (Lipinski definition) is 6. The fraction of sp³-hybridized carbons (Fsp3) is 0.588. The molecule has 7 nitrogen and oxygen atoms in total. The van der Waals surface area contributed by atoms with Crippen LogP contribution in [0.2, 0.25) is 0 Å². The highest BCUT2D eigenvalue weighted by Gasteiger charge is 2.40. The predicted molar refractivity (Wildman–Crippen MR) is 85.5 cm³/mol. The van der Waals surface area contributed by atoms with E-state index < -0.39 is 5.79 Å². The number of piperidine rings is 1. The summed E-state index contributed by atoms with van der Waals surface area (Å²) in [6.07, 6.45) is 1.40. The van der Waals surface area contributed by atoms with Gasteiger partial charge in [0, 0.05) is 44.1 Å². The first kappa shape index (κ1) is 16.9. The lowest BCUT2D eigenvalue weighted by molar-refractivity contribution is -0.187. The van der Waals surface area contributed by atoms with E-state index in [0.29, 0.717) is 56.4 Å². The van der Waals surface area contributed by atoms with Crippen molar-refractivity contribution in [1.29, 1.82) is 0 Å². The maximum Gasteiger partial charge on any atom is 0.260 e. The highest BCUT2D eigenvalue weighted by atomic mass is 16.7. The SMILES string of the molecule is COc1cc(OC)cc(OCC(=O)N2CCC3(CC2)OCCO3)c1. The molecule has 0 aromatic heterocycles. The van der Waals surface area contributed by atoms with Gasteiger partial charge in [-0.2, -0.15) is 0 Å². The van der Waals surface area contributed by atoms with E-state index in [0.717, 1.165) is 0 Å².